The number of ether oxygens (including phenoxy) is 1. The molecule has 20 heavy (non-hydrogen) atoms. The number of halogens is 2. The first-order valence-electron chi connectivity index (χ1n) is 5.68. The first kappa shape index (κ1) is 14.8. The predicted octanol–water partition coefficient (Wildman–Crippen LogP) is 5.10. The van der Waals surface area contributed by atoms with Crippen LogP contribution in [0.4, 0.5) is 0 Å². The molecular weight excluding hydrogens is 388 g/mol. The average molecular weight is 398 g/mol. The minimum atomic E-state index is -0.998. The summed E-state index contributed by atoms with van der Waals surface area (Å²) in [6.07, 6.45) is 2.58. The maximum Gasteiger partial charge on any atom is 0.328 e. The van der Waals surface area contributed by atoms with Crippen LogP contribution < -0.4 is 4.74 Å². The van der Waals surface area contributed by atoms with E-state index in [1.165, 1.54) is 6.08 Å². The molecule has 0 saturated heterocycles. The summed E-state index contributed by atoms with van der Waals surface area (Å²) in [7, 11) is 0. The van der Waals surface area contributed by atoms with Gasteiger partial charge in [-0.25, -0.2) is 4.79 Å². The fraction of sp³-hybridized carbons (Fsp3) is 0. The van der Waals surface area contributed by atoms with Gasteiger partial charge in [-0.2, -0.15) is 0 Å². The first-order valence-corrected chi connectivity index (χ1v) is 7.27. The topological polar surface area (TPSA) is 46.5 Å². The fourth-order valence-electron chi connectivity index (χ4n) is 1.52. The number of hydrogen-bond donors (Lipinski definition) is 1. The van der Waals surface area contributed by atoms with Crippen molar-refractivity contribution in [3.05, 3.63) is 63.0 Å². The number of aliphatic carboxylic acids is 1. The number of hydrogen-bond acceptors (Lipinski definition) is 2. The van der Waals surface area contributed by atoms with Crippen LogP contribution in [0.25, 0.3) is 6.08 Å². The lowest BCUT2D eigenvalue weighted by atomic mass is 10.2. The van der Waals surface area contributed by atoms with E-state index in [4.69, 9.17) is 9.84 Å². The molecule has 2 aromatic carbocycles. The van der Waals surface area contributed by atoms with Gasteiger partial charge in [-0.05, 0) is 42.5 Å². The molecule has 2 rings (SSSR count). The van der Waals surface area contributed by atoms with Crippen molar-refractivity contribution < 1.29 is 14.6 Å². The van der Waals surface area contributed by atoms with Crippen molar-refractivity contribution in [1.29, 1.82) is 0 Å². The molecule has 0 spiro atoms. The van der Waals surface area contributed by atoms with Crippen LogP contribution in [0.15, 0.2) is 57.5 Å². The molecule has 5 heteroatoms. The third kappa shape index (κ3) is 4.21. The Morgan fingerprint density at radius 3 is 2.35 bits per heavy atom. The summed E-state index contributed by atoms with van der Waals surface area (Å²) in [5.41, 5.74) is 0.693. The highest BCUT2D eigenvalue weighted by atomic mass is 79.9. The maximum absolute atomic E-state index is 10.6. The second kappa shape index (κ2) is 6.72. The van der Waals surface area contributed by atoms with Gasteiger partial charge < -0.3 is 9.84 Å². The molecule has 0 aliphatic rings. The minimum absolute atomic E-state index is 0.583. The average Bonchev–Trinajstić information content (AvgIpc) is 2.40. The van der Waals surface area contributed by atoms with Gasteiger partial charge in [0.15, 0.2) is 0 Å². The van der Waals surface area contributed by atoms with E-state index < -0.39 is 5.97 Å². The van der Waals surface area contributed by atoms with E-state index in [2.05, 4.69) is 31.9 Å². The Labute approximate surface area is 133 Å². The van der Waals surface area contributed by atoms with Crippen LogP contribution in [0.3, 0.4) is 0 Å². The molecule has 0 fully saturated rings. The summed E-state index contributed by atoms with van der Waals surface area (Å²) >= 11 is 6.73. The van der Waals surface area contributed by atoms with E-state index >= 15 is 0 Å². The smallest absolute Gasteiger partial charge is 0.328 e. The summed E-state index contributed by atoms with van der Waals surface area (Å²) in [6, 6.07) is 12.8. The van der Waals surface area contributed by atoms with Crippen molar-refractivity contribution in [2.24, 2.45) is 0 Å². The van der Waals surface area contributed by atoms with Gasteiger partial charge in [-0.3, -0.25) is 0 Å². The van der Waals surface area contributed by atoms with Crippen LogP contribution in [0.5, 0.6) is 11.5 Å². The van der Waals surface area contributed by atoms with Gasteiger partial charge in [0, 0.05) is 20.6 Å². The Morgan fingerprint density at radius 1 is 1.05 bits per heavy atom. The Hall–Kier alpha value is -1.59. The Kier molecular flexibility index (Phi) is 4.98. The van der Waals surface area contributed by atoms with Crippen LogP contribution in [0.1, 0.15) is 5.56 Å². The Balaban J connectivity index is 2.31. The van der Waals surface area contributed by atoms with E-state index in [1.54, 1.807) is 12.1 Å². The number of carbonyl (C=O) groups is 1. The number of carboxylic acids is 1. The SMILES string of the molecule is O=C(O)/C=C/c1ccc(Br)cc1Oc1ccc(Br)cc1. The highest BCUT2D eigenvalue weighted by molar-refractivity contribution is 9.10. The van der Waals surface area contributed by atoms with Crippen LogP contribution in [-0.4, -0.2) is 11.1 Å². The fourth-order valence-corrected chi connectivity index (χ4v) is 2.13. The van der Waals surface area contributed by atoms with Crippen molar-refractivity contribution >= 4 is 43.9 Å². The normalized spacial score (nSPS) is 10.7. The minimum Gasteiger partial charge on any atom is -0.478 e. The number of benzene rings is 2. The van der Waals surface area contributed by atoms with Gasteiger partial charge in [0.25, 0.3) is 0 Å². The predicted molar refractivity (Wildman–Crippen MR) is 85.0 cm³/mol. The van der Waals surface area contributed by atoms with Crippen molar-refractivity contribution in [3.63, 3.8) is 0 Å². The molecule has 0 radical (unpaired) electrons. The zero-order chi connectivity index (χ0) is 14.5. The molecular formula is C15H10Br2O3. The second-order valence-electron chi connectivity index (χ2n) is 3.91. The first-order chi connectivity index (χ1) is 9.54. The van der Waals surface area contributed by atoms with Crippen LogP contribution in [-0.2, 0) is 4.79 Å². The lowest BCUT2D eigenvalue weighted by Crippen LogP contribution is -1.90. The van der Waals surface area contributed by atoms with Crippen molar-refractivity contribution in [3.8, 4) is 11.5 Å². The summed E-state index contributed by atoms with van der Waals surface area (Å²) in [4.78, 5) is 10.6. The van der Waals surface area contributed by atoms with E-state index in [0.29, 0.717) is 17.1 Å². The molecule has 0 amide bonds. The second-order valence-corrected chi connectivity index (χ2v) is 5.74. The zero-order valence-electron chi connectivity index (χ0n) is 10.2. The molecule has 0 heterocycles. The monoisotopic (exact) mass is 396 g/mol. The molecule has 0 aliphatic carbocycles. The third-order valence-corrected chi connectivity index (χ3v) is 3.44. The largest absolute Gasteiger partial charge is 0.478 e. The van der Waals surface area contributed by atoms with Gasteiger partial charge in [0.1, 0.15) is 11.5 Å². The molecule has 0 aromatic heterocycles. The van der Waals surface area contributed by atoms with E-state index in [-0.39, 0.29) is 0 Å². The lowest BCUT2D eigenvalue weighted by molar-refractivity contribution is -0.131. The van der Waals surface area contributed by atoms with Crippen molar-refractivity contribution in [1.82, 2.24) is 0 Å². The lowest BCUT2D eigenvalue weighted by Gasteiger charge is -2.09. The quantitative estimate of drug-likeness (QED) is 0.730. The van der Waals surface area contributed by atoms with Crippen LogP contribution in [0, 0.1) is 0 Å². The van der Waals surface area contributed by atoms with Gasteiger partial charge in [0.2, 0.25) is 0 Å². The Morgan fingerprint density at radius 2 is 1.70 bits per heavy atom. The maximum atomic E-state index is 10.6. The zero-order valence-corrected chi connectivity index (χ0v) is 13.4. The highest BCUT2D eigenvalue weighted by Gasteiger charge is 2.04. The van der Waals surface area contributed by atoms with Crippen molar-refractivity contribution in [2.45, 2.75) is 0 Å². The van der Waals surface area contributed by atoms with Gasteiger partial charge in [0.05, 0.1) is 0 Å². The molecule has 3 nitrogen and oxygen atoms in total. The molecule has 0 unspecified atom stereocenters. The molecule has 0 atom stereocenters. The molecule has 0 aliphatic heterocycles. The van der Waals surface area contributed by atoms with E-state index in [9.17, 15) is 4.79 Å². The Bertz CT molecular complexity index is 649. The number of carboxylic acid groups (broad SMARTS) is 1. The summed E-state index contributed by atoms with van der Waals surface area (Å²) in [5, 5.41) is 8.70. The van der Waals surface area contributed by atoms with Crippen LogP contribution in [0.2, 0.25) is 0 Å². The standard InChI is InChI=1S/C15H10Br2O3/c16-11-4-6-13(7-5-11)20-14-9-12(17)3-1-10(14)2-8-15(18)19/h1-9H,(H,18,19)/b8-2+. The third-order valence-electron chi connectivity index (χ3n) is 2.42. The molecule has 102 valence electrons. The van der Waals surface area contributed by atoms with Crippen molar-refractivity contribution in [2.75, 3.05) is 0 Å². The number of rotatable bonds is 4. The molecule has 0 bridgehead atoms. The van der Waals surface area contributed by atoms with Gasteiger partial charge in [-0.1, -0.05) is 37.9 Å². The van der Waals surface area contributed by atoms with Crippen LogP contribution >= 0.6 is 31.9 Å². The summed E-state index contributed by atoms with van der Waals surface area (Å²) < 4.78 is 7.60. The van der Waals surface area contributed by atoms with Gasteiger partial charge >= 0.3 is 5.97 Å². The van der Waals surface area contributed by atoms with E-state index in [0.717, 1.165) is 15.0 Å². The summed E-state index contributed by atoms with van der Waals surface area (Å²) in [5.74, 6) is 0.262. The molecule has 0 saturated carbocycles. The highest BCUT2D eigenvalue weighted by Crippen LogP contribution is 2.30. The molecule has 2 aromatic rings. The van der Waals surface area contributed by atoms with E-state index in [1.807, 2.05) is 30.3 Å². The molecule has 1 N–H and O–H groups in total. The van der Waals surface area contributed by atoms with Gasteiger partial charge in [-0.15, -0.1) is 0 Å². The summed E-state index contributed by atoms with van der Waals surface area (Å²) in [6.45, 7) is 0.